The average molecular weight is 156 g/mol. The molecule has 64 valence electrons. The van der Waals surface area contributed by atoms with Crippen molar-refractivity contribution in [2.45, 2.75) is 38.1 Å². The van der Waals surface area contributed by atoms with Gasteiger partial charge in [0.1, 0.15) is 0 Å². The summed E-state index contributed by atoms with van der Waals surface area (Å²) in [7, 11) is 0. The Kier molecular flexibility index (Phi) is 3.36. The Morgan fingerprint density at radius 1 is 1.55 bits per heavy atom. The Hall–Kier alpha value is -0.570. The van der Waals surface area contributed by atoms with Gasteiger partial charge in [0.15, 0.2) is 0 Å². The summed E-state index contributed by atoms with van der Waals surface area (Å²) in [5.74, 6) is -0.183. The van der Waals surface area contributed by atoms with Crippen LogP contribution in [0.1, 0.15) is 32.1 Å². The standard InChI is InChI=1S/C8H16N2O/c9-8(11)5-4-7-3-1-2-6-10-7/h7,10H,1-6H2,(H2,9,11)/t7-/m0/s1. The van der Waals surface area contributed by atoms with Crippen molar-refractivity contribution >= 4 is 5.91 Å². The van der Waals surface area contributed by atoms with Crippen LogP contribution in [-0.4, -0.2) is 18.5 Å². The fourth-order valence-electron chi connectivity index (χ4n) is 1.49. The van der Waals surface area contributed by atoms with Crippen molar-refractivity contribution in [2.24, 2.45) is 5.73 Å². The minimum Gasteiger partial charge on any atom is -0.370 e. The van der Waals surface area contributed by atoms with E-state index in [1.807, 2.05) is 0 Å². The Bertz CT molecular complexity index is 130. The van der Waals surface area contributed by atoms with Crippen molar-refractivity contribution in [3.8, 4) is 0 Å². The highest BCUT2D eigenvalue weighted by atomic mass is 16.1. The third-order valence-electron chi connectivity index (χ3n) is 2.15. The molecule has 0 spiro atoms. The molecular weight excluding hydrogens is 140 g/mol. The largest absolute Gasteiger partial charge is 0.370 e. The van der Waals surface area contributed by atoms with Gasteiger partial charge in [-0.2, -0.15) is 0 Å². The van der Waals surface area contributed by atoms with E-state index in [1.54, 1.807) is 0 Å². The highest BCUT2D eigenvalue weighted by molar-refractivity contribution is 5.73. The van der Waals surface area contributed by atoms with Crippen LogP contribution in [0.3, 0.4) is 0 Å². The van der Waals surface area contributed by atoms with Gasteiger partial charge in [0, 0.05) is 12.5 Å². The van der Waals surface area contributed by atoms with Gasteiger partial charge in [-0.3, -0.25) is 4.79 Å². The van der Waals surface area contributed by atoms with Crippen LogP contribution in [0.25, 0.3) is 0 Å². The Labute approximate surface area is 67.3 Å². The minimum atomic E-state index is -0.183. The summed E-state index contributed by atoms with van der Waals surface area (Å²) in [6.07, 6.45) is 5.20. The molecule has 0 bridgehead atoms. The molecule has 0 saturated carbocycles. The van der Waals surface area contributed by atoms with Gasteiger partial charge in [0.2, 0.25) is 5.91 Å². The Morgan fingerprint density at radius 3 is 2.91 bits per heavy atom. The lowest BCUT2D eigenvalue weighted by atomic mass is 10.0. The van der Waals surface area contributed by atoms with Crippen LogP contribution in [0, 0.1) is 0 Å². The fourth-order valence-corrected chi connectivity index (χ4v) is 1.49. The van der Waals surface area contributed by atoms with E-state index in [2.05, 4.69) is 5.32 Å². The van der Waals surface area contributed by atoms with E-state index >= 15 is 0 Å². The normalized spacial score (nSPS) is 24.9. The molecular formula is C8H16N2O. The molecule has 1 saturated heterocycles. The zero-order valence-corrected chi connectivity index (χ0v) is 6.81. The molecule has 0 radical (unpaired) electrons. The van der Waals surface area contributed by atoms with Gasteiger partial charge in [0.25, 0.3) is 0 Å². The second-order valence-electron chi connectivity index (χ2n) is 3.15. The summed E-state index contributed by atoms with van der Waals surface area (Å²) in [6.45, 7) is 1.10. The molecule has 1 rings (SSSR count). The van der Waals surface area contributed by atoms with Gasteiger partial charge >= 0.3 is 0 Å². The Morgan fingerprint density at radius 2 is 2.36 bits per heavy atom. The van der Waals surface area contributed by atoms with Crippen LogP contribution < -0.4 is 11.1 Å². The molecule has 1 fully saturated rings. The lowest BCUT2D eigenvalue weighted by molar-refractivity contribution is -0.118. The third kappa shape index (κ3) is 3.37. The summed E-state index contributed by atoms with van der Waals surface area (Å²) in [6, 6.07) is 0.538. The van der Waals surface area contributed by atoms with Gasteiger partial charge in [-0.25, -0.2) is 0 Å². The molecule has 3 nitrogen and oxygen atoms in total. The van der Waals surface area contributed by atoms with Gasteiger partial charge in [0.05, 0.1) is 0 Å². The number of nitrogens with one attached hydrogen (secondary N) is 1. The van der Waals surface area contributed by atoms with Crippen LogP contribution in [0.4, 0.5) is 0 Å². The predicted molar refractivity (Wildman–Crippen MR) is 44.1 cm³/mol. The molecule has 0 unspecified atom stereocenters. The summed E-state index contributed by atoms with van der Waals surface area (Å²) in [5, 5.41) is 3.37. The van der Waals surface area contributed by atoms with Gasteiger partial charge in [-0.15, -0.1) is 0 Å². The first kappa shape index (κ1) is 8.53. The molecule has 0 aromatic rings. The van der Waals surface area contributed by atoms with Crippen molar-refractivity contribution < 1.29 is 4.79 Å². The number of piperidine rings is 1. The minimum absolute atomic E-state index is 0.183. The number of amides is 1. The fraction of sp³-hybridized carbons (Fsp3) is 0.875. The lowest BCUT2D eigenvalue weighted by Gasteiger charge is -2.22. The second-order valence-corrected chi connectivity index (χ2v) is 3.15. The van der Waals surface area contributed by atoms with E-state index in [0.29, 0.717) is 12.5 Å². The molecule has 1 heterocycles. The van der Waals surface area contributed by atoms with E-state index in [-0.39, 0.29) is 5.91 Å². The summed E-state index contributed by atoms with van der Waals surface area (Å²) in [5.41, 5.74) is 5.04. The molecule has 3 N–H and O–H groups in total. The molecule has 1 aliphatic heterocycles. The van der Waals surface area contributed by atoms with Crippen molar-refractivity contribution in [2.75, 3.05) is 6.54 Å². The maximum atomic E-state index is 10.4. The van der Waals surface area contributed by atoms with Crippen molar-refractivity contribution in [3.63, 3.8) is 0 Å². The molecule has 0 aromatic carbocycles. The van der Waals surface area contributed by atoms with Crippen molar-refractivity contribution in [1.82, 2.24) is 5.32 Å². The third-order valence-corrected chi connectivity index (χ3v) is 2.15. The van der Waals surface area contributed by atoms with E-state index < -0.39 is 0 Å². The number of nitrogens with two attached hydrogens (primary N) is 1. The smallest absolute Gasteiger partial charge is 0.217 e. The molecule has 0 aromatic heterocycles. The van der Waals surface area contributed by atoms with Gasteiger partial charge in [-0.1, -0.05) is 6.42 Å². The first-order chi connectivity index (χ1) is 5.29. The van der Waals surface area contributed by atoms with Crippen LogP contribution in [0.15, 0.2) is 0 Å². The van der Waals surface area contributed by atoms with Crippen LogP contribution in [0.5, 0.6) is 0 Å². The number of carbonyl (C=O) groups excluding carboxylic acids is 1. The number of carbonyl (C=O) groups is 1. The first-order valence-electron chi connectivity index (χ1n) is 4.31. The Balaban J connectivity index is 2.09. The first-order valence-corrected chi connectivity index (χ1v) is 4.31. The van der Waals surface area contributed by atoms with Gasteiger partial charge in [-0.05, 0) is 25.8 Å². The number of primary amides is 1. The van der Waals surface area contributed by atoms with Crippen LogP contribution in [-0.2, 0) is 4.79 Å². The van der Waals surface area contributed by atoms with E-state index in [0.717, 1.165) is 13.0 Å². The topological polar surface area (TPSA) is 55.1 Å². The molecule has 1 aliphatic rings. The molecule has 1 atom stereocenters. The highest BCUT2D eigenvalue weighted by Gasteiger charge is 2.12. The van der Waals surface area contributed by atoms with Crippen LogP contribution >= 0.6 is 0 Å². The molecule has 1 amide bonds. The second kappa shape index (κ2) is 4.34. The zero-order chi connectivity index (χ0) is 8.10. The average Bonchev–Trinajstić information content (AvgIpc) is 2.03. The SMILES string of the molecule is NC(=O)CC[C@@H]1CCCCN1. The number of hydrogen-bond donors (Lipinski definition) is 2. The quantitative estimate of drug-likeness (QED) is 0.621. The van der Waals surface area contributed by atoms with Gasteiger partial charge < -0.3 is 11.1 Å². The summed E-state index contributed by atoms with van der Waals surface area (Å²) >= 11 is 0. The van der Waals surface area contributed by atoms with E-state index in [9.17, 15) is 4.79 Å². The highest BCUT2D eigenvalue weighted by Crippen LogP contribution is 2.10. The maximum Gasteiger partial charge on any atom is 0.217 e. The van der Waals surface area contributed by atoms with Crippen molar-refractivity contribution in [1.29, 1.82) is 0 Å². The van der Waals surface area contributed by atoms with E-state index in [4.69, 9.17) is 5.73 Å². The number of hydrogen-bond acceptors (Lipinski definition) is 2. The lowest BCUT2D eigenvalue weighted by Crippen LogP contribution is -2.34. The molecule has 3 heteroatoms. The maximum absolute atomic E-state index is 10.4. The molecule has 0 aliphatic carbocycles. The zero-order valence-electron chi connectivity index (χ0n) is 6.81. The predicted octanol–water partition coefficient (Wildman–Crippen LogP) is 0.394. The summed E-state index contributed by atoms with van der Waals surface area (Å²) < 4.78 is 0. The monoisotopic (exact) mass is 156 g/mol. The molecule has 11 heavy (non-hydrogen) atoms. The van der Waals surface area contributed by atoms with Crippen molar-refractivity contribution in [3.05, 3.63) is 0 Å². The number of rotatable bonds is 3. The van der Waals surface area contributed by atoms with E-state index in [1.165, 1.54) is 19.3 Å². The summed E-state index contributed by atoms with van der Waals surface area (Å²) in [4.78, 5) is 10.4. The van der Waals surface area contributed by atoms with Crippen LogP contribution in [0.2, 0.25) is 0 Å².